The lowest BCUT2D eigenvalue weighted by molar-refractivity contribution is 0.627. The lowest BCUT2D eigenvalue weighted by atomic mass is 10.2. The van der Waals surface area contributed by atoms with Crippen LogP contribution in [-0.4, -0.2) is 0 Å². The van der Waals surface area contributed by atoms with Crippen molar-refractivity contribution in [3.8, 4) is 17.9 Å². The Kier molecular flexibility index (Phi) is 2.89. The van der Waals surface area contributed by atoms with Crippen LogP contribution in [-0.2, 0) is 0 Å². The number of benzene rings is 1. The van der Waals surface area contributed by atoms with Crippen molar-refractivity contribution in [1.29, 1.82) is 5.26 Å². The summed E-state index contributed by atoms with van der Waals surface area (Å²) in [5.41, 5.74) is 6.37. The predicted octanol–water partition coefficient (Wildman–Crippen LogP) is 1.67. The van der Waals surface area contributed by atoms with Gasteiger partial charge in [0.25, 0.3) is 0 Å². The largest absolute Gasteiger partial charge is 0.398 e. The first kappa shape index (κ1) is 9.09. The zero-order chi connectivity index (χ0) is 9.68. The Morgan fingerprint density at radius 2 is 2.23 bits per heavy atom. The van der Waals surface area contributed by atoms with Crippen LogP contribution in [0.2, 0.25) is 0 Å². The minimum atomic E-state index is -0.379. The van der Waals surface area contributed by atoms with Crippen LogP contribution < -0.4 is 5.73 Å². The molecule has 0 saturated heterocycles. The standard InChI is InChI=1S/C10H7FN2/c11-9-4-5-10(13)8(7-9)3-1-2-6-12/h4-5,7H,2,13H2. The molecule has 0 fully saturated rings. The monoisotopic (exact) mass is 174 g/mol. The Hall–Kier alpha value is -2.00. The summed E-state index contributed by atoms with van der Waals surface area (Å²) in [4.78, 5) is 0. The molecule has 0 spiro atoms. The molecular formula is C10H7FN2. The fourth-order valence-corrected chi connectivity index (χ4v) is 0.816. The zero-order valence-electron chi connectivity index (χ0n) is 6.84. The number of halogens is 1. The molecule has 0 aliphatic carbocycles. The highest BCUT2D eigenvalue weighted by molar-refractivity contribution is 5.55. The van der Waals surface area contributed by atoms with Crippen molar-refractivity contribution in [2.45, 2.75) is 6.42 Å². The van der Waals surface area contributed by atoms with E-state index in [2.05, 4.69) is 11.8 Å². The summed E-state index contributed by atoms with van der Waals surface area (Å²) in [5.74, 6) is 4.80. The van der Waals surface area contributed by atoms with Crippen molar-refractivity contribution in [2.75, 3.05) is 5.73 Å². The topological polar surface area (TPSA) is 49.8 Å². The Morgan fingerprint density at radius 1 is 1.46 bits per heavy atom. The van der Waals surface area contributed by atoms with E-state index in [-0.39, 0.29) is 12.2 Å². The zero-order valence-corrected chi connectivity index (χ0v) is 6.84. The van der Waals surface area contributed by atoms with Gasteiger partial charge in [0.05, 0.1) is 18.1 Å². The highest BCUT2D eigenvalue weighted by Crippen LogP contribution is 2.11. The quantitative estimate of drug-likeness (QED) is 0.480. The van der Waals surface area contributed by atoms with Crippen LogP contribution in [0, 0.1) is 29.0 Å². The second-order valence-electron chi connectivity index (χ2n) is 2.37. The summed E-state index contributed by atoms with van der Waals surface area (Å²) in [6.07, 6.45) is 0.121. The first-order valence-electron chi connectivity index (χ1n) is 3.65. The van der Waals surface area contributed by atoms with Crippen molar-refractivity contribution >= 4 is 5.69 Å². The van der Waals surface area contributed by atoms with Gasteiger partial charge in [0.2, 0.25) is 0 Å². The molecule has 1 aromatic carbocycles. The smallest absolute Gasteiger partial charge is 0.124 e. The van der Waals surface area contributed by atoms with E-state index < -0.39 is 0 Å². The molecule has 1 rings (SSSR count). The van der Waals surface area contributed by atoms with E-state index in [1.807, 2.05) is 6.07 Å². The first-order chi connectivity index (χ1) is 6.24. The molecule has 0 atom stereocenters. The second kappa shape index (κ2) is 4.13. The average Bonchev–Trinajstić information content (AvgIpc) is 2.11. The molecule has 0 aliphatic heterocycles. The van der Waals surface area contributed by atoms with Crippen LogP contribution in [0.1, 0.15) is 12.0 Å². The summed E-state index contributed by atoms with van der Waals surface area (Å²) < 4.78 is 12.7. The van der Waals surface area contributed by atoms with Gasteiger partial charge in [-0.25, -0.2) is 4.39 Å². The summed E-state index contributed by atoms with van der Waals surface area (Å²) in [5, 5.41) is 8.21. The SMILES string of the molecule is N#CCC#Cc1cc(F)ccc1N. The van der Waals surface area contributed by atoms with E-state index in [1.165, 1.54) is 18.2 Å². The van der Waals surface area contributed by atoms with Crippen LogP contribution in [0.3, 0.4) is 0 Å². The molecule has 0 aromatic heterocycles. The third-order valence-electron chi connectivity index (χ3n) is 1.41. The maximum Gasteiger partial charge on any atom is 0.124 e. The summed E-state index contributed by atoms with van der Waals surface area (Å²) in [6.45, 7) is 0. The van der Waals surface area contributed by atoms with E-state index in [1.54, 1.807) is 0 Å². The number of hydrogen-bond donors (Lipinski definition) is 1. The van der Waals surface area contributed by atoms with Gasteiger partial charge in [-0.15, -0.1) is 0 Å². The Labute approximate surface area is 75.8 Å². The number of nitrogens with zero attached hydrogens (tertiary/aromatic N) is 1. The van der Waals surface area contributed by atoms with Crippen LogP contribution in [0.15, 0.2) is 18.2 Å². The minimum absolute atomic E-state index is 0.121. The van der Waals surface area contributed by atoms with Crippen molar-refractivity contribution in [3.63, 3.8) is 0 Å². The average molecular weight is 174 g/mol. The number of nitriles is 1. The molecule has 2 nitrogen and oxygen atoms in total. The Morgan fingerprint density at radius 3 is 2.92 bits per heavy atom. The highest BCUT2D eigenvalue weighted by Gasteiger charge is 1.96. The number of rotatable bonds is 0. The van der Waals surface area contributed by atoms with Gasteiger partial charge in [0.15, 0.2) is 0 Å². The fourth-order valence-electron chi connectivity index (χ4n) is 0.816. The third kappa shape index (κ3) is 2.50. The summed E-state index contributed by atoms with van der Waals surface area (Å²) in [6, 6.07) is 5.83. The van der Waals surface area contributed by atoms with Crippen molar-refractivity contribution in [1.82, 2.24) is 0 Å². The van der Waals surface area contributed by atoms with Gasteiger partial charge < -0.3 is 5.73 Å². The van der Waals surface area contributed by atoms with Crippen molar-refractivity contribution in [3.05, 3.63) is 29.6 Å². The van der Waals surface area contributed by atoms with Gasteiger partial charge in [-0.1, -0.05) is 11.8 Å². The predicted molar refractivity (Wildman–Crippen MR) is 47.9 cm³/mol. The van der Waals surface area contributed by atoms with Gasteiger partial charge in [0, 0.05) is 5.69 Å². The fraction of sp³-hybridized carbons (Fsp3) is 0.100. The molecule has 0 saturated carbocycles. The molecular weight excluding hydrogens is 167 g/mol. The molecule has 64 valence electrons. The maximum absolute atomic E-state index is 12.7. The molecule has 0 aliphatic rings. The van der Waals surface area contributed by atoms with Crippen LogP contribution in [0.25, 0.3) is 0 Å². The molecule has 0 bridgehead atoms. The molecule has 13 heavy (non-hydrogen) atoms. The van der Waals surface area contributed by atoms with Gasteiger partial charge in [-0.2, -0.15) is 5.26 Å². The Balaban J connectivity index is 2.97. The van der Waals surface area contributed by atoms with Crippen molar-refractivity contribution < 1.29 is 4.39 Å². The second-order valence-corrected chi connectivity index (χ2v) is 2.37. The Bertz CT molecular complexity index is 407. The van der Waals surface area contributed by atoms with E-state index in [0.29, 0.717) is 11.3 Å². The highest BCUT2D eigenvalue weighted by atomic mass is 19.1. The van der Waals surface area contributed by atoms with Crippen LogP contribution in [0.4, 0.5) is 10.1 Å². The van der Waals surface area contributed by atoms with E-state index in [4.69, 9.17) is 11.0 Å². The van der Waals surface area contributed by atoms with Crippen LogP contribution in [0.5, 0.6) is 0 Å². The summed E-state index contributed by atoms with van der Waals surface area (Å²) >= 11 is 0. The van der Waals surface area contributed by atoms with E-state index >= 15 is 0 Å². The van der Waals surface area contributed by atoms with Crippen LogP contribution >= 0.6 is 0 Å². The maximum atomic E-state index is 12.7. The number of hydrogen-bond acceptors (Lipinski definition) is 2. The molecule has 0 radical (unpaired) electrons. The van der Waals surface area contributed by atoms with Gasteiger partial charge in [-0.05, 0) is 18.2 Å². The van der Waals surface area contributed by atoms with E-state index in [9.17, 15) is 4.39 Å². The number of anilines is 1. The number of nitrogen functional groups attached to an aromatic ring is 1. The molecule has 0 heterocycles. The molecule has 0 amide bonds. The van der Waals surface area contributed by atoms with Gasteiger partial charge >= 0.3 is 0 Å². The first-order valence-corrected chi connectivity index (χ1v) is 3.65. The van der Waals surface area contributed by atoms with Gasteiger partial charge in [-0.3, -0.25) is 0 Å². The number of nitrogens with two attached hydrogens (primary N) is 1. The molecule has 2 N–H and O–H groups in total. The third-order valence-corrected chi connectivity index (χ3v) is 1.41. The lowest BCUT2D eigenvalue weighted by Gasteiger charge is -1.96. The normalized spacial score (nSPS) is 8.31. The minimum Gasteiger partial charge on any atom is -0.398 e. The molecule has 0 unspecified atom stereocenters. The molecule has 3 heteroatoms. The van der Waals surface area contributed by atoms with Gasteiger partial charge in [0.1, 0.15) is 5.82 Å². The summed E-state index contributed by atoms with van der Waals surface area (Å²) in [7, 11) is 0. The van der Waals surface area contributed by atoms with Crippen molar-refractivity contribution in [2.24, 2.45) is 0 Å². The molecule has 1 aromatic rings. The van der Waals surface area contributed by atoms with E-state index in [0.717, 1.165) is 0 Å². The lowest BCUT2D eigenvalue weighted by Crippen LogP contribution is -1.90.